The number of halogens is 1. The molecule has 0 fully saturated rings. The molecule has 23 heavy (non-hydrogen) atoms. The molecular formula is C20H14BrNS. The van der Waals surface area contributed by atoms with Gasteiger partial charge >= 0.3 is 0 Å². The van der Waals surface area contributed by atoms with E-state index in [0.717, 1.165) is 15.9 Å². The van der Waals surface area contributed by atoms with Gasteiger partial charge in [-0.15, -0.1) is 11.3 Å². The van der Waals surface area contributed by atoms with E-state index in [0.29, 0.717) is 0 Å². The minimum atomic E-state index is 0.880. The van der Waals surface area contributed by atoms with E-state index in [4.69, 9.17) is 4.98 Å². The maximum Gasteiger partial charge on any atom is 0.124 e. The molecule has 0 unspecified atom stereocenters. The normalized spacial score (nSPS) is 11.0. The number of fused-ring (bicyclic) bond motifs is 1. The van der Waals surface area contributed by atoms with E-state index >= 15 is 0 Å². The molecule has 112 valence electrons. The first-order chi connectivity index (χ1) is 11.3. The molecule has 4 rings (SSSR count). The van der Waals surface area contributed by atoms with Gasteiger partial charge in [0.05, 0.1) is 10.2 Å². The summed E-state index contributed by atoms with van der Waals surface area (Å²) in [4.78, 5) is 4.73. The average Bonchev–Trinajstić information content (AvgIpc) is 3.06. The highest BCUT2D eigenvalue weighted by atomic mass is 79.9. The van der Waals surface area contributed by atoms with E-state index in [1.54, 1.807) is 11.3 Å². The summed E-state index contributed by atoms with van der Waals surface area (Å²) in [6.07, 6.45) is 0. The highest BCUT2D eigenvalue weighted by molar-refractivity contribution is 9.08. The molecule has 1 heterocycles. The molecule has 3 heteroatoms. The summed E-state index contributed by atoms with van der Waals surface area (Å²) in [5.41, 5.74) is 6.02. The van der Waals surface area contributed by atoms with Crippen LogP contribution in [0.2, 0.25) is 0 Å². The molecule has 0 saturated heterocycles. The smallest absolute Gasteiger partial charge is 0.124 e. The molecular weight excluding hydrogens is 366 g/mol. The molecule has 0 aliphatic rings. The minimum Gasteiger partial charge on any atom is -0.236 e. The van der Waals surface area contributed by atoms with Gasteiger partial charge in [0.15, 0.2) is 0 Å². The lowest BCUT2D eigenvalue weighted by Gasteiger charge is -2.05. The van der Waals surface area contributed by atoms with Crippen molar-refractivity contribution in [2.24, 2.45) is 0 Å². The number of alkyl halides is 1. The lowest BCUT2D eigenvalue weighted by molar-refractivity contribution is 1.43. The second-order valence-corrected chi connectivity index (χ2v) is 6.99. The van der Waals surface area contributed by atoms with Gasteiger partial charge in [-0.2, -0.15) is 0 Å². The SMILES string of the molecule is BrCc1cccc(-c2ccc(-c3nc4ccccc4s3)cc2)c1. The Morgan fingerprint density at radius 3 is 2.35 bits per heavy atom. The summed E-state index contributed by atoms with van der Waals surface area (Å²) < 4.78 is 1.23. The number of hydrogen-bond donors (Lipinski definition) is 0. The highest BCUT2D eigenvalue weighted by Crippen LogP contribution is 2.31. The zero-order valence-corrected chi connectivity index (χ0v) is 14.8. The van der Waals surface area contributed by atoms with Crippen molar-refractivity contribution in [3.63, 3.8) is 0 Å². The molecule has 1 nitrogen and oxygen atoms in total. The van der Waals surface area contributed by atoms with Crippen LogP contribution in [0.15, 0.2) is 72.8 Å². The van der Waals surface area contributed by atoms with Crippen molar-refractivity contribution < 1.29 is 0 Å². The van der Waals surface area contributed by atoms with Gasteiger partial charge in [-0.05, 0) is 28.8 Å². The molecule has 0 aliphatic heterocycles. The predicted octanol–water partition coefficient (Wildman–Crippen LogP) is 6.53. The highest BCUT2D eigenvalue weighted by Gasteiger charge is 2.06. The lowest BCUT2D eigenvalue weighted by Crippen LogP contribution is -1.82. The van der Waals surface area contributed by atoms with Gasteiger partial charge in [0, 0.05) is 10.9 Å². The molecule has 0 amide bonds. The van der Waals surface area contributed by atoms with Crippen molar-refractivity contribution in [2.45, 2.75) is 5.33 Å². The maximum atomic E-state index is 4.73. The zero-order valence-electron chi connectivity index (χ0n) is 12.4. The fourth-order valence-corrected chi connectivity index (χ4v) is 3.95. The monoisotopic (exact) mass is 379 g/mol. The summed E-state index contributed by atoms with van der Waals surface area (Å²) in [7, 11) is 0. The largest absolute Gasteiger partial charge is 0.236 e. The Labute approximate surface area is 147 Å². The van der Waals surface area contributed by atoms with Crippen LogP contribution in [0.4, 0.5) is 0 Å². The Morgan fingerprint density at radius 2 is 1.57 bits per heavy atom. The van der Waals surface area contributed by atoms with E-state index < -0.39 is 0 Å². The number of benzene rings is 3. The van der Waals surface area contributed by atoms with Crippen molar-refractivity contribution in [3.05, 3.63) is 78.4 Å². The van der Waals surface area contributed by atoms with Gasteiger partial charge in [-0.3, -0.25) is 0 Å². The van der Waals surface area contributed by atoms with Crippen LogP contribution in [0.3, 0.4) is 0 Å². The molecule has 0 aliphatic carbocycles. The van der Waals surface area contributed by atoms with Gasteiger partial charge in [0.1, 0.15) is 5.01 Å². The third kappa shape index (κ3) is 2.94. The number of para-hydroxylation sites is 1. The van der Waals surface area contributed by atoms with Crippen LogP contribution in [0.5, 0.6) is 0 Å². The first kappa shape index (κ1) is 14.6. The summed E-state index contributed by atoms with van der Waals surface area (Å²) >= 11 is 5.26. The van der Waals surface area contributed by atoms with Crippen LogP contribution in [0.25, 0.3) is 31.9 Å². The Hall–Kier alpha value is -1.97. The van der Waals surface area contributed by atoms with Crippen molar-refractivity contribution in [2.75, 3.05) is 0 Å². The minimum absolute atomic E-state index is 0.880. The molecule has 0 bridgehead atoms. The summed E-state index contributed by atoms with van der Waals surface area (Å²) in [5, 5.41) is 1.96. The fourth-order valence-electron chi connectivity index (χ4n) is 2.63. The molecule has 0 radical (unpaired) electrons. The number of hydrogen-bond acceptors (Lipinski definition) is 2. The van der Waals surface area contributed by atoms with Gasteiger partial charge in [-0.25, -0.2) is 4.98 Å². The Balaban J connectivity index is 1.69. The van der Waals surface area contributed by atoms with E-state index in [1.165, 1.54) is 27.0 Å². The van der Waals surface area contributed by atoms with Gasteiger partial charge in [0.2, 0.25) is 0 Å². The zero-order chi connectivity index (χ0) is 15.6. The van der Waals surface area contributed by atoms with E-state index in [1.807, 2.05) is 6.07 Å². The fraction of sp³-hybridized carbons (Fsp3) is 0.0500. The summed E-state index contributed by atoms with van der Waals surface area (Å²) in [6, 6.07) is 25.6. The molecule has 1 aromatic heterocycles. The van der Waals surface area contributed by atoms with Crippen molar-refractivity contribution in [3.8, 4) is 21.7 Å². The average molecular weight is 380 g/mol. The van der Waals surface area contributed by atoms with Crippen LogP contribution < -0.4 is 0 Å². The van der Waals surface area contributed by atoms with Gasteiger partial charge in [0.25, 0.3) is 0 Å². The standard InChI is InChI=1S/C20H14BrNS/c21-13-14-4-3-5-17(12-14)15-8-10-16(11-9-15)20-22-18-6-1-2-7-19(18)23-20/h1-12H,13H2. The van der Waals surface area contributed by atoms with Crippen LogP contribution >= 0.6 is 27.3 Å². The van der Waals surface area contributed by atoms with Crippen LogP contribution in [0, 0.1) is 0 Å². The van der Waals surface area contributed by atoms with Crippen molar-refractivity contribution in [1.82, 2.24) is 4.98 Å². The first-order valence-electron chi connectivity index (χ1n) is 7.45. The van der Waals surface area contributed by atoms with Crippen molar-refractivity contribution >= 4 is 37.5 Å². The third-order valence-corrected chi connectivity index (χ3v) is 5.57. The van der Waals surface area contributed by atoms with E-state index in [-0.39, 0.29) is 0 Å². The van der Waals surface area contributed by atoms with E-state index in [2.05, 4.69) is 82.7 Å². The second-order valence-electron chi connectivity index (χ2n) is 5.40. The molecule has 0 N–H and O–H groups in total. The number of nitrogens with zero attached hydrogens (tertiary/aromatic N) is 1. The van der Waals surface area contributed by atoms with Crippen LogP contribution in [0.1, 0.15) is 5.56 Å². The summed E-state index contributed by atoms with van der Waals surface area (Å²) in [6.45, 7) is 0. The number of aromatic nitrogens is 1. The summed E-state index contributed by atoms with van der Waals surface area (Å²) in [5.74, 6) is 0. The Kier molecular flexibility index (Phi) is 3.98. The quantitative estimate of drug-likeness (QED) is 0.369. The Bertz CT molecular complexity index is 924. The number of thiazole rings is 1. The maximum absolute atomic E-state index is 4.73. The topological polar surface area (TPSA) is 12.9 Å². The molecule has 3 aromatic carbocycles. The molecule has 0 saturated carbocycles. The third-order valence-electron chi connectivity index (χ3n) is 3.84. The molecule has 4 aromatic rings. The first-order valence-corrected chi connectivity index (χ1v) is 9.38. The van der Waals surface area contributed by atoms with Gasteiger partial charge in [-0.1, -0.05) is 76.6 Å². The molecule has 0 atom stereocenters. The second kappa shape index (κ2) is 6.26. The van der Waals surface area contributed by atoms with Crippen molar-refractivity contribution in [1.29, 1.82) is 0 Å². The van der Waals surface area contributed by atoms with Crippen LogP contribution in [-0.4, -0.2) is 4.98 Å². The predicted molar refractivity (Wildman–Crippen MR) is 103 cm³/mol. The Morgan fingerprint density at radius 1 is 0.783 bits per heavy atom. The van der Waals surface area contributed by atoms with Gasteiger partial charge < -0.3 is 0 Å². The van der Waals surface area contributed by atoms with Crippen LogP contribution in [-0.2, 0) is 5.33 Å². The molecule has 0 spiro atoms. The van der Waals surface area contributed by atoms with E-state index in [9.17, 15) is 0 Å². The number of rotatable bonds is 3. The lowest BCUT2D eigenvalue weighted by atomic mass is 10.0.